The summed E-state index contributed by atoms with van der Waals surface area (Å²) in [4.78, 5) is 22.3. The molecule has 0 aliphatic rings. The lowest BCUT2D eigenvalue weighted by atomic mass is 10.4. The number of aliphatic hydroxyl groups is 2. The first kappa shape index (κ1) is 22.4. The quantitative estimate of drug-likeness (QED) is 0.317. The zero-order chi connectivity index (χ0) is 18.2. The molecule has 0 aliphatic carbocycles. The average Bonchev–Trinajstić information content (AvgIpc) is 2.54. The topological polar surface area (TPSA) is 136 Å². The second-order valence-corrected chi connectivity index (χ2v) is 4.92. The van der Waals surface area contributed by atoms with Crippen LogP contribution in [0.2, 0.25) is 0 Å². The zero-order valence-corrected chi connectivity index (χ0v) is 14.2. The highest BCUT2D eigenvalue weighted by Crippen LogP contribution is 1.89. The van der Waals surface area contributed by atoms with Gasteiger partial charge < -0.3 is 39.8 Å². The molecule has 0 rings (SSSR count). The lowest BCUT2D eigenvalue weighted by Gasteiger charge is -2.11. The molecule has 10 heteroatoms. The van der Waals surface area contributed by atoms with Gasteiger partial charge in [-0.15, -0.1) is 0 Å². The fourth-order valence-electron chi connectivity index (χ4n) is 1.28. The van der Waals surface area contributed by atoms with Crippen LogP contribution in [0.3, 0.4) is 0 Å². The number of carbonyl (C=O) groups excluding carboxylic acids is 2. The highest BCUT2D eigenvalue weighted by Gasteiger charge is 2.06. The average molecular weight is 352 g/mol. The van der Waals surface area contributed by atoms with Gasteiger partial charge in [-0.25, -0.2) is 9.59 Å². The largest absolute Gasteiger partial charge is 0.447 e. The van der Waals surface area contributed by atoms with E-state index in [0.717, 1.165) is 0 Å². The van der Waals surface area contributed by atoms with Crippen LogP contribution < -0.4 is 10.6 Å². The summed E-state index contributed by atoms with van der Waals surface area (Å²) < 4.78 is 19.9. The number of hydrogen-bond acceptors (Lipinski definition) is 8. The summed E-state index contributed by atoms with van der Waals surface area (Å²) in [6.45, 7) is 4.68. The summed E-state index contributed by atoms with van der Waals surface area (Å²) in [5.74, 6) is 0. The van der Waals surface area contributed by atoms with Gasteiger partial charge in [0.05, 0.1) is 39.1 Å². The van der Waals surface area contributed by atoms with Gasteiger partial charge in [0, 0.05) is 13.1 Å². The third kappa shape index (κ3) is 15.3. The number of aliphatic hydroxyl groups excluding tert-OH is 2. The van der Waals surface area contributed by atoms with Crippen LogP contribution >= 0.6 is 0 Å². The Morgan fingerprint density at radius 2 is 1.50 bits per heavy atom. The zero-order valence-electron chi connectivity index (χ0n) is 14.2. The molecule has 4 N–H and O–H groups in total. The molecule has 2 unspecified atom stereocenters. The Morgan fingerprint density at radius 1 is 0.958 bits per heavy atom. The molecule has 0 radical (unpaired) electrons. The summed E-state index contributed by atoms with van der Waals surface area (Å²) in [7, 11) is 0. The summed E-state index contributed by atoms with van der Waals surface area (Å²) in [5.41, 5.74) is 0. The van der Waals surface area contributed by atoms with Gasteiger partial charge in [0.1, 0.15) is 12.7 Å². The fourth-order valence-corrected chi connectivity index (χ4v) is 1.28. The Balaban J connectivity index is 3.28. The van der Waals surface area contributed by atoms with Crippen molar-refractivity contribution in [3.63, 3.8) is 0 Å². The molecule has 0 aliphatic heterocycles. The molecule has 0 spiro atoms. The molecule has 0 aromatic carbocycles. The first-order valence-electron chi connectivity index (χ1n) is 7.75. The van der Waals surface area contributed by atoms with E-state index in [1.807, 2.05) is 0 Å². The summed E-state index contributed by atoms with van der Waals surface area (Å²) in [6, 6.07) is 0. The fraction of sp³-hybridized carbons (Fsp3) is 0.857. The monoisotopic (exact) mass is 352 g/mol. The lowest BCUT2D eigenvalue weighted by molar-refractivity contribution is 0.0441. The van der Waals surface area contributed by atoms with E-state index in [-0.39, 0.29) is 26.3 Å². The van der Waals surface area contributed by atoms with Gasteiger partial charge in [0.2, 0.25) is 0 Å². The molecule has 2 atom stereocenters. The van der Waals surface area contributed by atoms with Crippen LogP contribution in [0.25, 0.3) is 0 Å². The lowest BCUT2D eigenvalue weighted by Crippen LogP contribution is -2.32. The minimum Gasteiger partial charge on any atom is -0.447 e. The van der Waals surface area contributed by atoms with Crippen LogP contribution in [0, 0.1) is 0 Å². The Labute approximate surface area is 141 Å². The SMILES string of the molecule is CC(O)COC(=O)NCCOCCOCCNC(=O)OC(C)CO. The van der Waals surface area contributed by atoms with Gasteiger partial charge >= 0.3 is 12.2 Å². The molecule has 0 fully saturated rings. The highest BCUT2D eigenvalue weighted by atomic mass is 16.6. The van der Waals surface area contributed by atoms with Crippen molar-refractivity contribution in [1.29, 1.82) is 0 Å². The molecular formula is C14H28N2O8. The number of rotatable bonds is 13. The van der Waals surface area contributed by atoms with Crippen molar-refractivity contribution in [1.82, 2.24) is 10.6 Å². The van der Waals surface area contributed by atoms with E-state index in [0.29, 0.717) is 26.4 Å². The normalized spacial score (nSPS) is 13.0. The predicted molar refractivity (Wildman–Crippen MR) is 83.7 cm³/mol. The molecule has 142 valence electrons. The smallest absolute Gasteiger partial charge is 0.407 e. The molecule has 0 saturated heterocycles. The minimum atomic E-state index is -0.696. The van der Waals surface area contributed by atoms with Crippen molar-refractivity contribution < 1.29 is 38.7 Å². The maximum atomic E-state index is 11.2. The molecule has 0 heterocycles. The third-order valence-electron chi connectivity index (χ3n) is 2.42. The van der Waals surface area contributed by atoms with Crippen LogP contribution in [-0.4, -0.2) is 87.3 Å². The van der Waals surface area contributed by atoms with Crippen molar-refractivity contribution >= 4 is 12.2 Å². The van der Waals surface area contributed by atoms with Gasteiger partial charge in [-0.3, -0.25) is 0 Å². The molecule has 0 saturated carbocycles. The maximum Gasteiger partial charge on any atom is 0.407 e. The van der Waals surface area contributed by atoms with E-state index >= 15 is 0 Å². The van der Waals surface area contributed by atoms with Gasteiger partial charge in [-0.05, 0) is 13.8 Å². The van der Waals surface area contributed by atoms with Crippen molar-refractivity contribution in [2.45, 2.75) is 26.1 Å². The molecule has 10 nitrogen and oxygen atoms in total. The van der Waals surface area contributed by atoms with Gasteiger partial charge in [0.25, 0.3) is 0 Å². The molecule has 24 heavy (non-hydrogen) atoms. The van der Waals surface area contributed by atoms with Crippen molar-refractivity contribution in [3.05, 3.63) is 0 Å². The maximum absolute atomic E-state index is 11.2. The van der Waals surface area contributed by atoms with Gasteiger partial charge in [-0.2, -0.15) is 0 Å². The molecule has 0 aromatic heterocycles. The van der Waals surface area contributed by atoms with Gasteiger partial charge in [0.15, 0.2) is 0 Å². The number of carbonyl (C=O) groups is 2. The number of nitrogens with one attached hydrogen (secondary N) is 2. The number of ether oxygens (including phenoxy) is 4. The van der Waals surface area contributed by atoms with Crippen molar-refractivity contribution in [2.24, 2.45) is 0 Å². The molecule has 0 aromatic rings. The van der Waals surface area contributed by atoms with E-state index in [1.165, 1.54) is 6.92 Å². The van der Waals surface area contributed by atoms with Crippen LogP contribution in [0.5, 0.6) is 0 Å². The first-order chi connectivity index (χ1) is 11.5. The summed E-state index contributed by atoms with van der Waals surface area (Å²) in [5, 5.41) is 22.6. The molecule has 0 bridgehead atoms. The second kappa shape index (κ2) is 14.9. The Bertz CT molecular complexity index is 341. The minimum absolute atomic E-state index is 0.0545. The Hall–Kier alpha value is -1.62. The Kier molecular flexibility index (Phi) is 13.9. The summed E-state index contributed by atoms with van der Waals surface area (Å²) in [6.07, 6.45) is -2.45. The van der Waals surface area contributed by atoms with Crippen LogP contribution in [0.15, 0.2) is 0 Å². The predicted octanol–water partition coefficient (Wildman–Crippen LogP) is -0.766. The number of hydrogen-bond donors (Lipinski definition) is 4. The first-order valence-corrected chi connectivity index (χ1v) is 7.75. The van der Waals surface area contributed by atoms with Crippen LogP contribution in [0.4, 0.5) is 9.59 Å². The number of amides is 2. The van der Waals surface area contributed by atoms with E-state index < -0.39 is 24.4 Å². The van der Waals surface area contributed by atoms with E-state index in [9.17, 15) is 9.59 Å². The van der Waals surface area contributed by atoms with E-state index in [1.54, 1.807) is 6.92 Å². The number of alkyl carbamates (subject to hydrolysis) is 2. The van der Waals surface area contributed by atoms with Gasteiger partial charge in [-0.1, -0.05) is 0 Å². The van der Waals surface area contributed by atoms with E-state index in [2.05, 4.69) is 15.4 Å². The second-order valence-electron chi connectivity index (χ2n) is 4.92. The highest BCUT2D eigenvalue weighted by molar-refractivity contribution is 5.67. The summed E-state index contributed by atoms with van der Waals surface area (Å²) >= 11 is 0. The van der Waals surface area contributed by atoms with Crippen LogP contribution in [-0.2, 0) is 18.9 Å². The molecule has 2 amide bonds. The molecular weight excluding hydrogens is 324 g/mol. The van der Waals surface area contributed by atoms with Crippen molar-refractivity contribution in [2.75, 3.05) is 52.7 Å². The standard InChI is InChI=1S/C14H28N2O8/c1-11(18)10-23-13(19)15-3-5-21-7-8-22-6-4-16-14(20)24-12(2)9-17/h11-12,17-18H,3-10H2,1-2H3,(H,15,19)(H,16,20). The van der Waals surface area contributed by atoms with E-state index in [4.69, 9.17) is 24.4 Å². The van der Waals surface area contributed by atoms with Crippen molar-refractivity contribution in [3.8, 4) is 0 Å². The Morgan fingerprint density at radius 3 is 2.00 bits per heavy atom. The van der Waals surface area contributed by atoms with Crippen LogP contribution in [0.1, 0.15) is 13.8 Å². The third-order valence-corrected chi connectivity index (χ3v) is 2.42.